The molecule has 2 aromatic carbocycles. The fourth-order valence-electron chi connectivity index (χ4n) is 5.42. The van der Waals surface area contributed by atoms with Gasteiger partial charge < -0.3 is 4.74 Å². The summed E-state index contributed by atoms with van der Waals surface area (Å²) < 4.78 is 6.18. The minimum Gasteiger partial charge on any atom is -0.454 e. The van der Waals surface area contributed by atoms with Crippen molar-refractivity contribution < 1.29 is 23.9 Å². The number of nitrogens with zero attached hydrogens (tertiary/aromatic N) is 2. The van der Waals surface area contributed by atoms with Crippen LogP contribution in [0.25, 0.3) is 22.2 Å². The van der Waals surface area contributed by atoms with Crippen LogP contribution in [0, 0.1) is 17.8 Å². The Morgan fingerprint density at radius 1 is 1.07 bits per heavy atom. The summed E-state index contributed by atoms with van der Waals surface area (Å²) in [4.78, 5) is 58.4. The Morgan fingerprint density at radius 2 is 1.88 bits per heavy atom. The maximum Gasteiger partial charge on any atom is 0.339 e. The van der Waals surface area contributed by atoms with Crippen molar-refractivity contribution in [1.29, 1.82) is 0 Å². The topological polar surface area (TPSA) is 93.6 Å². The number of rotatable bonds is 6. The molecule has 2 amide bonds. The number of Topliss-reactive ketones (excluding diaryl/α,β-unsaturated/α-hetero) is 1. The second-order valence-electron chi connectivity index (χ2n) is 9.91. The second-order valence-corrected chi connectivity index (χ2v) is 11.8. The Bertz CT molecular complexity index is 1700. The van der Waals surface area contributed by atoms with Gasteiger partial charge in [-0.05, 0) is 60.2 Å². The number of halogens is 1. The number of thiophene rings is 1. The number of ether oxygens (including phenoxy) is 1. The van der Waals surface area contributed by atoms with E-state index in [0.717, 1.165) is 4.47 Å². The summed E-state index contributed by atoms with van der Waals surface area (Å²) in [6, 6.07) is 17.5. The van der Waals surface area contributed by atoms with Gasteiger partial charge in [-0.25, -0.2) is 9.78 Å². The molecule has 1 saturated heterocycles. The number of carbonyl (C=O) groups is 4. The molecule has 0 unspecified atom stereocenters. The van der Waals surface area contributed by atoms with Crippen LogP contribution in [0.2, 0.25) is 0 Å². The van der Waals surface area contributed by atoms with E-state index >= 15 is 0 Å². The third-order valence-corrected chi connectivity index (χ3v) is 8.82. The molecule has 3 atom stereocenters. The van der Waals surface area contributed by atoms with Gasteiger partial charge in [0.15, 0.2) is 6.61 Å². The zero-order chi connectivity index (χ0) is 28.0. The van der Waals surface area contributed by atoms with Gasteiger partial charge in [0.25, 0.3) is 0 Å². The highest BCUT2D eigenvalue weighted by Gasteiger charge is 2.50. The van der Waals surface area contributed by atoms with Crippen LogP contribution in [0.4, 0.5) is 5.69 Å². The minimum absolute atomic E-state index is 0.0140. The summed E-state index contributed by atoms with van der Waals surface area (Å²) in [5.41, 5.74) is 2.58. The summed E-state index contributed by atoms with van der Waals surface area (Å²) >= 11 is 4.74. The lowest BCUT2D eigenvalue weighted by atomic mass is 9.78. The van der Waals surface area contributed by atoms with Gasteiger partial charge in [-0.15, -0.1) is 11.3 Å². The van der Waals surface area contributed by atoms with E-state index < -0.39 is 5.97 Å². The summed E-state index contributed by atoms with van der Waals surface area (Å²) in [5, 5.41) is 2.38. The van der Waals surface area contributed by atoms with Crippen LogP contribution in [0.5, 0.6) is 0 Å². The van der Waals surface area contributed by atoms with E-state index in [1.165, 1.54) is 16.2 Å². The number of hydrogen-bond acceptors (Lipinski definition) is 7. The molecule has 1 aliphatic heterocycles. The number of anilines is 1. The first-order chi connectivity index (χ1) is 19.3. The van der Waals surface area contributed by atoms with Gasteiger partial charge in [-0.1, -0.05) is 53.2 Å². The number of allylic oxidation sites excluding steroid dienone is 2. The number of ketones is 1. The molecule has 0 N–H and O–H groups in total. The predicted molar refractivity (Wildman–Crippen MR) is 156 cm³/mol. The average Bonchev–Trinajstić information content (AvgIpc) is 3.59. The quantitative estimate of drug-likeness (QED) is 0.107. The van der Waals surface area contributed by atoms with Crippen molar-refractivity contribution in [3.05, 3.63) is 93.1 Å². The number of aromatic nitrogens is 1. The molecule has 0 bridgehead atoms. The molecule has 1 aliphatic carbocycles. The molecule has 0 saturated carbocycles. The molecule has 3 heterocycles. The Kier molecular flexibility index (Phi) is 6.93. The van der Waals surface area contributed by atoms with Gasteiger partial charge in [0, 0.05) is 15.4 Å². The van der Waals surface area contributed by atoms with Crippen molar-refractivity contribution in [1.82, 2.24) is 4.98 Å². The van der Waals surface area contributed by atoms with Crippen LogP contribution in [-0.4, -0.2) is 35.2 Å². The fourth-order valence-corrected chi connectivity index (χ4v) is 6.43. The predicted octanol–water partition coefficient (Wildman–Crippen LogP) is 6.47. The average molecular weight is 616 g/mol. The van der Waals surface area contributed by atoms with Gasteiger partial charge in [-0.3, -0.25) is 19.3 Å². The zero-order valence-corrected chi connectivity index (χ0v) is 23.8. The van der Waals surface area contributed by atoms with Crippen LogP contribution in [0.15, 0.2) is 82.7 Å². The van der Waals surface area contributed by atoms with E-state index in [-0.39, 0.29) is 47.5 Å². The molecule has 9 heteroatoms. The zero-order valence-electron chi connectivity index (χ0n) is 21.4. The number of pyridine rings is 1. The number of amides is 2. The van der Waals surface area contributed by atoms with Crippen LogP contribution >= 0.6 is 27.3 Å². The number of esters is 1. The van der Waals surface area contributed by atoms with Crippen LogP contribution in [0.1, 0.15) is 33.4 Å². The fraction of sp³-hybridized carbons (Fsp3) is 0.194. The normalized spacial score (nSPS) is 20.1. The highest BCUT2D eigenvalue weighted by molar-refractivity contribution is 9.10. The molecule has 7 nitrogen and oxygen atoms in total. The molecular weight excluding hydrogens is 592 g/mol. The van der Waals surface area contributed by atoms with Crippen molar-refractivity contribution in [2.24, 2.45) is 17.8 Å². The molecule has 6 rings (SSSR count). The first-order valence-corrected chi connectivity index (χ1v) is 14.5. The van der Waals surface area contributed by atoms with Gasteiger partial charge >= 0.3 is 5.97 Å². The van der Waals surface area contributed by atoms with E-state index in [1.54, 1.807) is 60.0 Å². The van der Waals surface area contributed by atoms with E-state index in [1.807, 2.05) is 25.1 Å². The largest absolute Gasteiger partial charge is 0.454 e. The number of carbonyl (C=O) groups excluding carboxylic acids is 4. The lowest BCUT2D eigenvalue weighted by Gasteiger charge is -2.22. The van der Waals surface area contributed by atoms with E-state index in [9.17, 15) is 19.2 Å². The van der Waals surface area contributed by atoms with Crippen LogP contribution < -0.4 is 4.90 Å². The van der Waals surface area contributed by atoms with Gasteiger partial charge in [-0.2, -0.15) is 0 Å². The monoisotopic (exact) mass is 614 g/mol. The SMILES string of the molecule is C[C@H]1C=CC[C@@H]2C(=O)N(c3ccc(-c4cc(C(=O)OCC(=O)c5cccs5)c5cc(Br)ccc5n4)cc3)C(=O)[C@@H]21. The third kappa shape index (κ3) is 4.69. The van der Waals surface area contributed by atoms with Gasteiger partial charge in [0.2, 0.25) is 17.6 Å². The standard InChI is InChI=1S/C31H23BrN2O5S/c1-17-4-2-5-21-28(17)30(37)34(29(21)36)20-10-7-18(8-11-20)25-15-23(22-14-19(32)9-12-24(22)33-25)31(38)39-16-26(35)27-6-3-13-40-27/h2-4,6-15,17,21,28H,5,16H2,1H3/t17-,21-,28+/m0/s1. The smallest absolute Gasteiger partial charge is 0.339 e. The highest BCUT2D eigenvalue weighted by Crippen LogP contribution is 2.40. The van der Waals surface area contributed by atoms with Crippen molar-refractivity contribution >= 4 is 67.4 Å². The Morgan fingerprint density at radius 3 is 2.60 bits per heavy atom. The first-order valence-electron chi connectivity index (χ1n) is 12.8. The van der Waals surface area contributed by atoms with Crippen molar-refractivity contribution in [3.8, 4) is 11.3 Å². The first kappa shape index (κ1) is 26.3. The number of imide groups is 1. The molecule has 1 fully saturated rings. The maximum absolute atomic E-state index is 13.2. The number of fused-ring (bicyclic) bond motifs is 2. The van der Waals surface area contributed by atoms with Gasteiger partial charge in [0.1, 0.15) is 0 Å². The second kappa shape index (κ2) is 10.6. The third-order valence-electron chi connectivity index (χ3n) is 7.41. The summed E-state index contributed by atoms with van der Waals surface area (Å²) in [6.07, 6.45) is 4.56. The molecular formula is C31H23BrN2O5S. The molecule has 40 heavy (non-hydrogen) atoms. The lowest BCUT2D eigenvalue weighted by molar-refractivity contribution is -0.122. The Hall–Kier alpha value is -3.95. The molecule has 0 radical (unpaired) electrons. The molecule has 2 aliphatic rings. The van der Waals surface area contributed by atoms with Gasteiger partial charge in [0.05, 0.1) is 39.2 Å². The summed E-state index contributed by atoms with van der Waals surface area (Å²) in [5.74, 6) is -1.89. The molecule has 0 spiro atoms. The summed E-state index contributed by atoms with van der Waals surface area (Å²) in [6.45, 7) is 1.60. The summed E-state index contributed by atoms with van der Waals surface area (Å²) in [7, 11) is 0. The van der Waals surface area contributed by atoms with Crippen LogP contribution in [-0.2, 0) is 14.3 Å². The minimum atomic E-state index is -0.633. The van der Waals surface area contributed by atoms with E-state index in [2.05, 4.69) is 15.9 Å². The molecule has 4 aromatic rings. The lowest BCUT2D eigenvalue weighted by Crippen LogP contribution is -2.31. The highest BCUT2D eigenvalue weighted by atomic mass is 79.9. The van der Waals surface area contributed by atoms with Crippen molar-refractivity contribution in [2.75, 3.05) is 11.5 Å². The van der Waals surface area contributed by atoms with Crippen molar-refractivity contribution in [2.45, 2.75) is 13.3 Å². The van der Waals surface area contributed by atoms with Crippen molar-refractivity contribution in [3.63, 3.8) is 0 Å². The van der Waals surface area contributed by atoms with E-state index in [4.69, 9.17) is 9.72 Å². The Balaban J connectivity index is 1.30. The molecule has 2 aromatic heterocycles. The number of benzene rings is 2. The maximum atomic E-state index is 13.2. The number of hydrogen-bond donors (Lipinski definition) is 0. The van der Waals surface area contributed by atoms with Crippen LogP contribution in [0.3, 0.4) is 0 Å². The van der Waals surface area contributed by atoms with E-state index in [0.29, 0.717) is 39.1 Å². The molecule has 200 valence electrons. The Labute approximate surface area is 242 Å².